The molecule has 0 bridgehead atoms. The fourth-order valence-corrected chi connectivity index (χ4v) is 3.72. The summed E-state index contributed by atoms with van der Waals surface area (Å²) in [6.07, 6.45) is 15.8. The van der Waals surface area contributed by atoms with Crippen molar-refractivity contribution in [1.82, 2.24) is 4.90 Å². The molecular weight excluding hydrogens is 206 g/mol. The lowest BCUT2D eigenvalue weighted by molar-refractivity contribution is 0.213. The average molecular weight is 231 g/mol. The maximum absolute atomic E-state index is 2.69. The molecule has 3 aliphatic rings. The maximum atomic E-state index is 2.69. The Morgan fingerprint density at radius 3 is 2.24 bits per heavy atom. The molecule has 0 unspecified atom stereocenters. The largest absolute Gasteiger partial charge is 0.303 e. The molecule has 0 atom stereocenters. The van der Waals surface area contributed by atoms with Crippen LogP contribution in [0.2, 0.25) is 0 Å². The van der Waals surface area contributed by atoms with Gasteiger partial charge >= 0.3 is 0 Å². The van der Waals surface area contributed by atoms with E-state index in [4.69, 9.17) is 0 Å². The van der Waals surface area contributed by atoms with Crippen LogP contribution in [0.5, 0.6) is 0 Å². The third-order valence-electron chi connectivity index (χ3n) is 4.77. The van der Waals surface area contributed by atoms with E-state index in [0.29, 0.717) is 0 Å². The zero-order valence-corrected chi connectivity index (χ0v) is 11.0. The maximum Gasteiger partial charge on any atom is -0.00159 e. The number of likely N-dealkylation sites (tertiary alicyclic amines) is 1. The summed E-state index contributed by atoms with van der Waals surface area (Å²) in [5.41, 5.74) is 3.58. The highest BCUT2D eigenvalue weighted by Crippen LogP contribution is 2.39. The fraction of sp³-hybridized carbons (Fsp3) is 0.750. The van der Waals surface area contributed by atoms with Crippen molar-refractivity contribution in [3.8, 4) is 0 Å². The van der Waals surface area contributed by atoms with Gasteiger partial charge in [0.05, 0.1) is 0 Å². The predicted octanol–water partition coefficient (Wildman–Crippen LogP) is 3.92. The Labute approximate surface area is 106 Å². The molecule has 0 saturated carbocycles. The van der Waals surface area contributed by atoms with Gasteiger partial charge in [0.25, 0.3) is 0 Å². The Bertz CT molecular complexity index is 300. The zero-order chi connectivity index (χ0) is 11.5. The van der Waals surface area contributed by atoms with Crippen molar-refractivity contribution in [3.05, 3.63) is 23.3 Å². The van der Waals surface area contributed by atoms with Gasteiger partial charge in [-0.25, -0.2) is 0 Å². The number of hydrogen-bond donors (Lipinski definition) is 0. The Balaban J connectivity index is 1.42. The number of hydrogen-bond acceptors (Lipinski definition) is 1. The van der Waals surface area contributed by atoms with Crippen LogP contribution in [0.4, 0.5) is 0 Å². The summed E-state index contributed by atoms with van der Waals surface area (Å²) in [4.78, 5) is 2.69. The molecule has 94 valence electrons. The molecule has 1 fully saturated rings. The number of nitrogens with zero attached hydrogens (tertiary/aromatic N) is 1. The summed E-state index contributed by atoms with van der Waals surface area (Å²) in [6, 6.07) is 0. The van der Waals surface area contributed by atoms with Crippen LogP contribution < -0.4 is 0 Å². The first kappa shape index (κ1) is 11.5. The molecule has 0 amide bonds. The second-order valence-corrected chi connectivity index (χ2v) is 6.05. The first-order valence-corrected chi connectivity index (χ1v) is 7.49. The quantitative estimate of drug-likeness (QED) is 0.665. The Morgan fingerprint density at radius 2 is 1.59 bits per heavy atom. The molecule has 0 aromatic carbocycles. The predicted molar refractivity (Wildman–Crippen MR) is 73.0 cm³/mol. The summed E-state index contributed by atoms with van der Waals surface area (Å²) in [5, 5.41) is 0. The second kappa shape index (κ2) is 5.39. The van der Waals surface area contributed by atoms with Gasteiger partial charge < -0.3 is 4.90 Å². The lowest BCUT2D eigenvalue weighted by Crippen LogP contribution is -2.31. The van der Waals surface area contributed by atoms with E-state index < -0.39 is 0 Å². The van der Waals surface area contributed by atoms with Gasteiger partial charge in [-0.15, -0.1) is 0 Å². The highest BCUT2D eigenvalue weighted by Gasteiger charge is 2.24. The van der Waals surface area contributed by atoms with Crippen LogP contribution in [-0.4, -0.2) is 24.5 Å². The van der Waals surface area contributed by atoms with E-state index >= 15 is 0 Å². The average Bonchev–Trinajstić information content (AvgIpc) is 2.80. The minimum absolute atomic E-state index is 0.974. The number of rotatable bonds is 3. The smallest absolute Gasteiger partial charge is 0.00159 e. The van der Waals surface area contributed by atoms with Crippen molar-refractivity contribution >= 4 is 0 Å². The monoisotopic (exact) mass is 231 g/mol. The highest BCUT2D eigenvalue weighted by atomic mass is 15.1. The van der Waals surface area contributed by atoms with Crippen molar-refractivity contribution in [2.75, 3.05) is 19.6 Å². The molecule has 0 N–H and O–H groups in total. The molecule has 17 heavy (non-hydrogen) atoms. The minimum Gasteiger partial charge on any atom is -0.303 e. The molecule has 0 radical (unpaired) electrons. The van der Waals surface area contributed by atoms with Crippen molar-refractivity contribution in [3.63, 3.8) is 0 Å². The van der Waals surface area contributed by atoms with E-state index in [1.54, 1.807) is 11.1 Å². The first-order valence-electron chi connectivity index (χ1n) is 7.49. The summed E-state index contributed by atoms with van der Waals surface area (Å²) in [7, 11) is 0. The summed E-state index contributed by atoms with van der Waals surface area (Å²) < 4.78 is 0. The molecule has 1 saturated heterocycles. The SMILES string of the molecule is C1=CCC2=C(C1)CC(CCN1CCCCC1)C2. The lowest BCUT2D eigenvalue weighted by Gasteiger charge is -2.27. The molecule has 1 nitrogen and oxygen atoms in total. The van der Waals surface area contributed by atoms with Gasteiger partial charge in [-0.2, -0.15) is 0 Å². The van der Waals surface area contributed by atoms with Crippen LogP contribution in [0, 0.1) is 5.92 Å². The van der Waals surface area contributed by atoms with Crippen LogP contribution in [0.1, 0.15) is 51.4 Å². The Hall–Kier alpha value is -0.560. The van der Waals surface area contributed by atoms with Gasteiger partial charge in [-0.3, -0.25) is 0 Å². The Morgan fingerprint density at radius 1 is 0.941 bits per heavy atom. The third kappa shape index (κ3) is 2.82. The van der Waals surface area contributed by atoms with Crippen molar-refractivity contribution < 1.29 is 0 Å². The minimum atomic E-state index is 0.974. The molecule has 3 rings (SSSR count). The van der Waals surface area contributed by atoms with Crippen LogP contribution in [-0.2, 0) is 0 Å². The van der Waals surface area contributed by atoms with E-state index in [0.717, 1.165) is 5.92 Å². The molecule has 2 aliphatic carbocycles. The normalized spacial score (nSPS) is 26.6. The van der Waals surface area contributed by atoms with Gasteiger partial charge in [0.1, 0.15) is 0 Å². The molecule has 1 heteroatoms. The molecular formula is C16H25N. The van der Waals surface area contributed by atoms with Crippen LogP contribution in [0.15, 0.2) is 23.3 Å². The number of allylic oxidation sites excluding steroid dienone is 4. The molecule has 0 aromatic heterocycles. The van der Waals surface area contributed by atoms with Crippen LogP contribution in [0.3, 0.4) is 0 Å². The molecule has 1 aliphatic heterocycles. The summed E-state index contributed by atoms with van der Waals surface area (Å²) in [5.74, 6) is 0.974. The topological polar surface area (TPSA) is 3.24 Å². The molecule has 0 aromatic rings. The first-order chi connectivity index (χ1) is 8.42. The van der Waals surface area contributed by atoms with Gasteiger partial charge in [0, 0.05) is 0 Å². The van der Waals surface area contributed by atoms with Crippen molar-refractivity contribution in [1.29, 1.82) is 0 Å². The third-order valence-corrected chi connectivity index (χ3v) is 4.77. The van der Waals surface area contributed by atoms with E-state index in [1.807, 2.05) is 0 Å². The Kier molecular flexibility index (Phi) is 3.65. The van der Waals surface area contributed by atoms with Gasteiger partial charge in [0.15, 0.2) is 0 Å². The standard InChI is InChI=1S/C16H25N/c1-4-9-17(10-5-1)11-8-14-12-15-6-2-3-7-16(15)13-14/h2-3,14H,1,4-13H2. The summed E-state index contributed by atoms with van der Waals surface area (Å²) in [6.45, 7) is 4.08. The van der Waals surface area contributed by atoms with Gasteiger partial charge in [-0.1, -0.05) is 29.7 Å². The van der Waals surface area contributed by atoms with Gasteiger partial charge in [-0.05, 0) is 70.5 Å². The molecule has 0 spiro atoms. The number of piperidine rings is 1. The van der Waals surface area contributed by atoms with Crippen molar-refractivity contribution in [2.24, 2.45) is 5.92 Å². The van der Waals surface area contributed by atoms with Crippen LogP contribution >= 0.6 is 0 Å². The van der Waals surface area contributed by atoms with E-state index in [-0.39, 0.29) is 0 Å². The highest BCUT2D eigenvalue weighted by molar-refractivity contribution is 5.29. The van der Waals surface area contributed by atoms with E-state index in [2.05, 4.69) is 17.1 Å². The van der Waals surface area contributed by atoms with E-state index in [1.165, 1.54) is 71.0 Å². The van der Waals surface area contributed by atoms with Gasteiger partial charge in [0.2, 0.25) is 0 Å². The lowest BCUT2D eigenvalue weighted by atomic mass is 9.99. The molecule has 1 heterocycles. The van der Waals surface area contributed by atoms with E-state index in [9.17, 15) is 0 Å². The zero-order valence-electron chi connectivity index (χ0n) is 11.0. The summed E-state index contributed by atoms with van der Waals surface area (Å²) >= 11 is 0. The van der Waals surface area contributed by atoms with Crippen LogP contribution in [0.25, 0.3) is 0 Å². The van der Waals surface area contributed by atoms with Crippen molar-refractivity contribution in [2.45, 2.75) is 51.4 Å². The second-order valence-electron chi connectivity index (χ2n) is 6.05. The fourth-order valence-electron chi connectivity index (χ4n) is 3.72.